The van der Waals surface area contributed by atoms with E-state index in [4.69, 9.17) is 10.9 Å². The molecule has 58 valence electrons. The van der Waals surface area contributed by atoms with Crippen LogP contribution in [-0.4, -0.2) is 17.0 Å². The Morgan fingerprint density at radius 2 is 2.20 bits per heavy atom. The summed E-state index contributed by atoms with van der Waals surface area (Å²) < 4.78 is 0. The highest BCUT2D eigenvalue weighted by molar-refractivity contribution is 5.96. The lowest BCUT2D eigenvalue weighted by Crippen LogP contribution is -2.39. The molecule has 0 aromatic rings. The molecule has 0 aromatic heterocycles. The van der Waals surface area contributed by atoms with Crippen molar-refractivity contribution in [2.24, 2.45) is 11.8 Å². The maximum absolute atomic E-state index is 10.6. The first kappa shape index (κ1) is 8.90. The summed E-state index contributed by atoms with van der Waals surface area (Å²) in [6.45, 7) is 1.61. The summed E-state index contributed by atoms with van der Waals surface area (Å²) in [6, 6.07) is 0. The number of rotatable bonds is 3. The molecule has 0 aliphatic carbocycles. The largest absolute Gasteiger partial charge is 0.481 e. The molecule has 5 nitrogen and oxygen atoms in total. The maximum Gasteiger partial charge on any atom is 0.316 e. The van der Waals surface area contributed by atoms with E-state index in [1.165, 1.54) is 0 Å². The Balaban J connectivity index is 4.06. The third-order valence-electron chi connectivity index (χ3n) is 1.17. The number of carbonyl (C=O) groups is 2. The molecular weight excluding hydrogens is 136 g/mol. The number of hydrogen-bond acceptors (Lipinski definition) is 3. The van der Waals surface area contributed by atoms with E-state index < -0.39 is 17.8 Å². The standard InChI is InChI=1S/C5H10N2O3/c1-2-3(5(9)10)4(8)7-6/h3H,2,6H2,1H3,(H,7,8)(H,9,10). The molecule has 0 fully saturated rings. The molecule has 1 atom stereocenters. The smallest absolute Gasteiger partial charge is 0.316 e. The monoisotopic (exact) mass is 146 g/mol. The third-order valence-corrected chi connectivity index (χ3v) is 1.17. The van der Waals surface area contributed by atoms with Crippen molar-refractivity contribution >= 4 is 11.9 Å². The predicted molar refractivity (Wildman–Crippen MR) is 33.7 cm³/mol. The maximum atomic E-state index is 10.6. The summed E-state index contributed by atoms with van der Waals surface area (Å²) in [5.41, 5.74) is 1.78. The van der Waals surface area contributed by atoms with Crippen LogP contribution in [0.2, 0.25) is 0 Å². The van der Waals surface area contributed by atoms with Crippen molar-refractivity contribution in [1.29, 1.82) is 0 Å². The van der Waals surface area contributed by atoms with Crippen molar-refractivity contribution in [3.63, 3.8) is 0 Å². The van der Waals surface area contributed by atoms with Crippen molar-refractivity contribution in [3.05, 3.63) is 0 Å². The van der Waals surface area contributed by atoms with E-state index in [-0.39, 0.29) is 6.42 Å². The van der Waals surface area contributed by atoms with Crippen LogP contribution in [0, 0.1) is 5.92 Å². The molecule has 1 unspecified atom stereocenters. The molecule has 0 bridgehead atoms. The Morgan fingerprint density at radius 3 is 2.30 bits per heavy atom. The van der Waals surface area contributed by atoms with Crippen LogP contribution in [-0.2, 0) is 9.59 Å². The molecule has 4 N–H and O–H groups in total. The Labute approximate surface area is 58.2 Å². The third kappa shape index (κ3) is 2.02. The van der Waals surface area contributed by atoms with Crippen molar-refractivity contribution < 1.29 is 14.7 Å². The van der Waals surface area contributed by atoms with Gasteiger partial charge in [-0.3, -0.25) is 15.0 Å². The summed E-state index contributed by atoms with van der Waals surface area (Å²) in [5, 5.41) is 8.36. The van der Waals surface area contributed by atoms with Gasteiger partial charge in [-0.05, 0) is 6.42 Å². The number of carboxylic acid groups (broad SMARTS) is 1. The van der Waals surface area contributed by atoms with Gasteiger partial charge in [0.1, 0.15) is 5.92 Å². The van der Waals surface area contributed by atoms with Crippen molar-refractivity contribution in [1.82, 2.24) is 5.43 Å². The first-order chi connectivity index (χ1) is 4.63. The summed E-state index contributed by atoms with van der Waals surface area (Å²) in [6.07, 6.45) is 0.248. The van der Waals surface area contributed by atoms with Crippen LogP contribution in [0.1, 0.15) is 13.3 Å². The van der Waals surface area contributed by atoms with Gasteiger partial charge in [-0.1, -0.05) is 6.92 Å². The van der Waals surface area contributed by atoms with Gasteiger partial charge in [0.15, 0.2) is 0 Å². The van der Waals surface area contributed by atoms with E-state index in [0.29, 0.717) is 0 Å². The summed E-state index contributed by atoms with van der Waals surface area (Å²) in [5.74, 6) is 1.90. The van der Waals surface area contributed by atoms with Gasteiger partial charge in [-0.25, -0.2) is 5.84 Å². The van der Waals surface area contributed by atoms with Crippen LogP contribution in [0.3, 0.4) is 0 Å². The van der Waals surface area contributed by atoms with Gasteiger partial charge in [-0.15, -0.1) is 0 Å². The molecule has 5 heteroatoms. The number of nitrogens with one attached hydrogen (secondary N) is 1. The second-order valence-electron chi connectivity index (χ2n) is 1.81. The summed E-state index contributed by atoms with van der Waals surface area (Å²) in [7, 11) is 0. The fourth-order valence-electron chi connectivity index (χ4n) is 0.573. The van der Waals surface area contributed by atoms with Crippen LogP contribution in [0.4, 0.5) is 0 Å². The van der Waals surface area contributed by atoms with E-state index >= 15 is 0 Å². The topological polar surface area (TPSA) is 92.4 Å². The highest BCUT2D eigenvalue weighted by atomic mass is 16.4. The van der Waals surface area contributed by atoms with Crippen LogP contribution < -0.4 is 11.3 Å². The normalized spacial score (nSPS) is 12.2. The van der Waals surface area contributed by atoms with Crippen molar-refractivity contribution in [2.75, 3.05) is 0 Å². The number of carbonyl (C=O) groups excluding carboxylic acids is 1. The molecule has 0 aliphatic heterocycles. The Kier molecular flexibility index (Phi) is 3.42. The van der Waals surface area contributed by atoms with E-state index in [2.05, 4.69) is 0 Å². The molecule has 0 saturated heterocycles. The number of carboxylic acids is 1. The van der Waals surface area contributed by atoms with E-state index in [1.807, 2.05) is 0 Å². The fourth-order valence-corrected chi connectivity index (χ4v) is 0.573. The van der Waals surface area contributed by atoms with Gasteiger partial charge >= 0.3 is 5.97 Å². The van der Waals surface area contributed by atoms with Gasteiger partial charge in [0.25, 0.3) is 0 Å². The number of amides is 1. The number of hydrazine groups is 1. The van der Waals surface area contributed by atoms with Gasteiger partial charge in [0.05, 0.1) is 0 Å². The molecule has 0 heterocycles. The zero-order valence-corrected chi connectivity index (χ0v) is 5.63. The minimum absolute atomic E-state index is 0.248. The number of nitrogens with two attached hydrogens (primary N) is 1. The second kappa shape index (κ2) is 3.84. The van der Waals surface area contributed by atoms with Crippen LogP contribution in [0.5, 0.6) is 0 Å². The molecule has 0 saturated carbocycles. The minimum Gasteiger partial charge on any atom is -0.481 e. The predicted octanol–water partition coefficient (Wildman–Crippen LogP) is -0.913. The lowest BCUT2D eigenvalue weighted by molar-refractivity contribution is -0.147. The second-order valence-corrected chi connectivity index (χ2v) is 1.81. The molecule has 0 rings (SSSR count). The molecule has 0 radical (unpaired) electrons. The Hall–Kier alpha value is -1.10. The van der Waals surface area contributed by atoms with Gasteiger partial charge in [0, 0.05) is 0 Å². The number of hydrogen-bond donors (Lipinski definition) is 3. The Morgan fingerprint density at radius 1 is 1.70 bits per heavy atom. The van der Waals surface area contributed by atoms with Crippen molar-refractivity contribution in [3.8, 4) is 0 Å². The van der Waals surface area contributed by atoms with E-state index in [9.17, 15) is 9.59 Å². The highest BCUT2D eigenvalue weighted by Gasteiger charge is 2.22. The molecule has 0 aliphatic rings. The van der Waals surface area contributed by atoms with E-state index in [1.54, 1.807) is 12.3 Å². The first-order valence-electron chi connectivity index (χ1n) is 2.86. The van der Waals surface area contributed by atoms with Gasteiger partial charge in [-0.2, -0.15) is 0 Å². The number of aliphatic carboxylic acids is 1. The van der Waals surface area contributed by atoms with Gasteiger partial charge < -0.3 is 5.11 Å². The quantitative estimate of drug-likeness (QED) is 0.208. The summed E-state index contributed by atoms with van der Waals surface area (Å²) >= 11 is 0. The van der Waals surface area contributed by atoms with E-state index in [0.717, 1.165) is 0 Å². The van der Waals surface area contributed by atoms with Crippen LogP contribution in [0.15, 0.2) is 0 Å². The minimum atomic E-state index is -1.15. The van der Waals surface area contributed by atoms with Crippen molar-refractivity contribution in [2.45, 2.75) is 13.3 Å². The van der Waals surface area contributed by atoms with Gasteiger partial charge in [0.2, 0.25) is 5.91 Å². The zero-order valence-electron chi connectivity index (χ0n) is 5.63. The molecule has 10 heavy (non-hydrogen) atoms. The molecule has 1 amide bonds. The lowest BCUT2D eigenvalue weighted by atomic mass is 10.1. The van der Waals surface area contributed by atoms with Crippen LogP contribution >= 0.6 is 0 Å². The van der Waals surface area contributed by atoms with Crippen LogP contribution in [0.25, 0.3) is 0 Å². The molecule has 0 aromatic carbocycles. The molecular formula is C5H10N2O3. The highest BCUT2D eigenvalue weighted by Crippen LogP contribution is 2.00. The average molecular weight is 146 g/mol. The fraction of sp³-hybridized carbons (Fsp3) is 0.600. The zero-order chi connectivity index (χ0) is 8.15. The average Bonchev–Trinajstić information content (AvgIpc) is 1.88. The first-order valence-corrected chi connectivity index (χ1v) is 2.86. The molecule has 0 spiro atoms. The Bertz CT molecular complexity index is 146. The summed E-state index contributed by atoms with van der Waals surface area (Å²) in [4.78, 5) is 20.8. The SMILES string of the molecule is CCC(C(=O)O)C(=O)NN. The lowest BCUT2D eigenvalue weighted by Gasteiger charge is -2.05.